The Hall–Kier alpha value is -4.69. The molecular weight excluding hydrogens is 731 g/mol. The molecule has 47 heavy (non-hydrogen) atoms. The first kappa shape index (κ1) is 33.7. The van der Waals surface area contributed by atoms with Gasteiger partial charge in [0.15, 0.2) is 11.7 Å². The molecule has 7 N–H and O–H groups in total. The number of amidine groups is 2. The molecule has 20 nitrogen and oxygen atoms in total. The van der Waals surface area contributed by atoms with Gasteiger partial charge in [-0.3, -0.25) is 23.7 Å². The molecule has 0 bridgehead atoms. The third-order valence-corrected chi connectivity index (χ3v) is 12.3. The van der Waals surface area contributed by atoms with Gasteiger partial charge in [0, 0.05) is 13.8 Å². The van der Waals surface area contributed by atoms with Gasteiger partial charge in [-0.25, -0.2) is 19.2 Å². The molecule has 0 aliphatic carbocycles. The van der Waals surface area contributed by atoms with Crippen LogP contribution in [-0.2, 0) is 29.3 Å². The van der Waals surface area contributed by atoms with E-state index in [4.69, 9.17) is 5.73 Å². The van der Waals surface area contributed by atoms with Crippen molar-refractivity contribution in [2.45, 2.75) is 38.3 Å². The number of fused-ring (bicyclic) bond motifs is 2. The molecule has 5 rings (SSSR count). The van der Waals surface area contributed by atoms with E-state index in [1.165, 1.54) is 0 Å². The van der Waals surface area contributed by atoms with Gasteiger partial charge in [-0.15, -0.1) is 0 Å². The van der Waals surface area contributed by atoms with Crippen LogP contribution in [0, 0.1) is 0 Å². The summed E-state index contributed by atoms with van der Waals surface area (Å²) in [6, 6.07) is -3.07. The molecule has 4 aliphatic rings. The Kier molecular flexibility index (Phi) is 8.48. The topological polar surface area (TPSA) is 313 Å². The van der Waals surface area contributed by atoms with E-state index in [1.54, 1.807) is 0 Å². The lowest BCUT2D eigenvalue weighted by molar-refractivity contribution is -0.123. The number of nitrogen functional groups attached to an aromatic ring is 1. The quantitative estimate of drug-likeness (QED) is 0.135. The van der Waals surface area contributed by atoms with Gasteiger partial charge in [0.05, 0.1) is 33.7 Å². The molecule has 0 spiro atoms. The van der Waals surface area contributed by atoms with E-state index in [-0.39, 0.29) is 43.5 Å². The summed E-state index contributed by atoms with van der Waals surface area (Å²) in [4.78, 5) is 103. The average molecular weight is 744 g/mol. The fraction of sp³-hybridized carbons (Fsp3) is 0.0909. The zero-order chi connectivity index (χ0) is 34.9. The number of carbonyl (C=O) groups is 8. The lowest BCUT2D eigenvalue weighted by Crippen LogP contribution is -2.49. The number of anilines is 1. The summed E-state index contributed by atoms with van der Waals surface area (Å²) in [7, 11) is -5.19. The highest BCUT2D eigenvalue weighted by atomic mass is 32.2. The van der Waals surface area contributed by atoms with Crippen molar-refractivity contribution in [3.8, 4) is 0 Å². The number of nitrogens with one attached hydrogen (secondary N) is 2. The maximum Gasteiger partial charge on any atom is 0.422 e. The molecule has 0 saturated carbocycles. The zero-order valence-corrected chi connectivity index (χ0v) is 26.9. The smallest absolute Gasteiger partial charge is 0.422 e. The first-order chi connectivity index (χ1) is 21.8. The number of amides is 10. The van der Waals surface area contributed by atoms with Crippen molar-refractivity contribution in [3.63, 3.8) is 0 Å². The highest BCUT2D eigenvalue weighted by molar-refractivity contribution is 8.26. The largest absolute Gasteiger partial charge is 0.464 e. The lowest BCUT2D eigenvalue weighted by Gasteiger charge is -2.22. The van der Waals surface area contributed by atoms with Crippen LogP contribution in [0.5, 0.6) is 0 Å². The molecule has 0 saturated heterocycles. The maximum absolute atomic E-state index is 13.2. The third kappa shape index (κ3) is 5.76. The number of rotatable bonds is 1. The fourth-order valence-corrected chi connectivity index (χ4v) is 11.3. The van der Waals surface area contributed by atoms with Crippen LogP contribution in [0.25, 0.3) is 0 Å². The standard InChI is InChI=1S/C22H13N7O13S5/c1-3(30)24-13-5(15(32)28(21(36)37)19(34)26-13)17-43-8-7(23)9-11(12(10(8)45-17)47(40,41)42)46-18(44-9)6-14(25-4(2)31)27-20(35)29(16(6)33)22(38)39/h23H2,1-2H3,(H,36,37)(H,38,39)(H,40,41,42)(H,24,26,30,34)(H,25,27,31,35). The molecule has 25 heteroatoms. The van der Waals surface area contributed by atoms with E-state index in [9.17, 15) is 61.5 Å². The maximum atomic E-state index is 13.2. The Morgan fingerprint density at radius 1 is 0.702 bits per heavy atom. The van der Waals surface area contributed by atoms with E-state index in [2.05, 4.69) is 20.6 Å². The second kappa shape index (κ2) is 11.8. The average Bonchev–Trinajstić information content (AvgIpc) is 3.52. The van der Waals surface area contributed by atoms with Crippen LogP contribution in [0.2, 0.25) is 0 Å². The van der Waals surface area contributed by atoms with Crippen molar-refractivity contribution in [1.82, 2.24) is 20.4 Å². The monoisotopic (exact) mass is 743 g/mol. The minimum atomic E-state index is -5.19. The van der Waals surface area contributed by atoms with Crippen LogP contribution >= 0.6 is 47.0 Å². The van der Waals surface area contributed by atoms with Crippen LogP contribution in [0.3, 0.4) is 0 Å². The van der Waals surface area contributed by atoms with Crippen LogP contribution in [0.4, 0.5) is 24.9 Å². The Morgan fingerprint density at radius 3 is 1.34 bits per heavy atom. The Balaban J connectivity index is 1.71. The summed E-state index contributed by atoms with van der Waals surface area (Å²) in [5.74, 6) is -5.74. The van der Waals surface area contributed by atoms with E-state index in [0.29, 0.717) is 47.0 Å². The molecule has 0 fully saturated rings. The van der Waals surface area contributed by atoms with Crippen LogP contribution < -0.4 is 16.4 Å². The Labute approximate surface area is 277 Å². The molecule has 10 amide bonds. The summed E-state index contributed by atoms with van der Waals surface area (Å²) in [6.07, 6.45) is -4.00. The normalized spacial score (nSPS) is 20.9. The zero-order valence-electron chi connectivity index (χ0n) is 22.8. The molecule has 4 aliphatic heterocycles. The van der Waals surface area contributed by atoms with Gasteiger partial charge >= 0.3 is 24.2 Å². The second-order valence-corrected chi connectivity index (χ2v) is 14.9. The summed E-state index contributed by atoms with van der Waals surface area (Å²) < 4.78 is 35.6. The van der Waals surface area contributed by atoms with Crippen molar-refractivity contribution in [3.05, 3.63) is 19.6 Å². The van der Waals surface area contributed by atoms with Crippen molar-refractivity contribution < 1.29 is 61.5 Å². The summed E-state index contributed by atoms with van der Waals surface area (Å²) in [6.45, 7) is 2.02. The SMILES string of the molecule is CC(=O)NC1=NC(=O)N(C(=O)O)C(=O)C1=C1Sc2c(N)c3c(c(S(=O)(=O)O)c2S1)SC(=C1C(=O)N(C(=O)O)C(=O)N=C1NC(C)=O)S3. The number of urea groups is 2. The van der Waals surface area contributed by atoms with Gasteiger partial charge in [-0.2, -0.15) is 28.2 Å². The van der Waals surface area contributed by atoms with Crippen LogP contribution in [0.1, 0.15) is 13.8 Å². The molecule has 0 atom stereocenters. The number of carbonyl (C=O) groups excluding carboxylic acids is 6. The van der Waals surface area contributed by atoms with E-state index in [1.807, 2.05) is 0 Å². The molecule has 4 heterocycles. The predicted molar refractivity (Wildman–Crippen MR) is 161 cm³/mol. The first-order valence-corrected chi connectivity index (χ1v) is 16.7. The number of thioether (sulfide) groups is 4. The van der Waals surface area contributed by atoms with Gasteiger partial charge in [-0.1, -0.05) is 47.0 Å². The molecule has 0 unspecified atom stereocenters. The lowest BCUT2D eigenvalue weighted by atomic mass is 10.2. The van der Waals surface area contributed by atoms with Gasteiger partial charge in [-0.05, 0) is 0 Å². The van der Waals surface area contributed by atoms with Crippen LogP contribution in [0.15, 0.2) is 54.1 Å². The minimum Gasteiger partial charge on any atom is -0.464 e. The number of nitrogens with two attached hydrogens (primary N) is 1. The van der Waals surface area contributed by atoms with E-state index < -0.39 is 85.7 Å². The highest BCUT2D eigenvalue weighted by Gasteiger charge is 2.46. The Morgan fingerprint density at radius 2 is 1.04 bits per heavy atom. The highest BCUT2D eigenvalue weighted by Crippen LogP contribution is 2.65. The number of benzene rings is 1. The number of aliphatic imine (C=N–C) groups is 2. The molecule has 0 radical (unpaired) electrons. The van der Waals surface area contributed by atoms with Crippen molar-refractivity contribution in [2.75, 3.05) is 5.73 Å². The second-order valence-electron chi connectivity index (χ2n) is 8.96. The van der Waals surface area contributed by atoms with E-state index in [0.717, 1.165) is 13.8 Å². The van der Waals surface area contributed by atoms with Gasteiger partial charge in [0.1, 0.15) is 16.0 Å². The molecule has 244 valence electrons. The number of nitrogens with zero attached hydrogens (tertiary/aromatic N) is 4. The number of carboxylic acid groups (broad SMARTS) is 2. The summed E-state index contributed by atoms with van der Waals surface area (Å²) in [5.41, 5.74) is 4.99. The fourth-order valence-electron chi connectivity index (χ4n) is 4.12. The number of hydrogen-bond acceptors (Lipinski definition) is 15. The van der Waals surface area contributed by atoms with Crippen LogP contribution in [-0.4, -0.2) is 92.5 Å². The predicted octanol–water partition coefficient (Wildman–Crippen LogP) is 1.68. The molecular formula is C22H13N7O13S5. The van der Waals surface area contributed by atoms with Crippen molar-refractivity contribution in [1.29, 1.82) is 0 Å². The number of imide groups is 6. The van der Waals surface area contributed by atoms with Gasteiger partial charge in [0.2, 0.25) is 11.8 Å². The van der Waals surface area contributed by atoms with E-state index >= 15 is 0 Å². The molecule has 0 aromatic heterocycles. The minimum absolute atomic E-state index is 0.0926. The Bertz CT molecular complexity index is 1960. The summed E-state index contributed by atoms with van der Waals surface area (Å²) in [5, 5.41) is 23.1. The molecule has 1 aromatic carbocycles. The van der Waals surface area contributed by atoms with Gasteiger partial charge in [0.25, 0.3) is 21.9 Å². The van der Waals surface area contributed by atoms with Gasteiger partial charge < -0.3 is 26.6 Å². The van der Waals surface area contributed by atoms with Crippen molar-refractivity contribution >= 4 is 122 Å². The summed E-state index contributed by atoms with van der Waals surface area (Å²) >= 11 is 2.21. The van der Waals surface area contributed by atoms with Crippen molar-refractivity contribution in [2.24, 2.45) is 9.98 Å². The molecule has 1 aromatic rings. The third-order valence-electron chi connectivity index (χ3n) is 5.84. The number of hydrogen-bond donors (Lipinski definition) is 6. The first-order valence-electron chi connectivity index (χ1n) is 12.0.